The Morgan fingerprint density at radius 1 is 0.453 bits per heavy atom. The van der Waals surface area contributed by atoms with E-state index in [4.69, 9.17) is 23.7 Å². The van der Waals surface area contributed by atoms with Gasteiger partial charge in [0.15, 0.2) is 24.6 Å². The van der Waals surface area contributed by atoms with Crippen LogP contribution in [-0.2, 0) is 42.9 Å². The molecule has 0 radical (unpaired) electrons. The van der Waals surface area contributed by atoms with Gasteiger partial charge in [0.25, 0.3) is 0 Å². The first-order valence-electron chi connectivity index (χ1n) is 28.2. The summed E-state index contributed by atoms with van der Waals surface area (Å²) in [5, 5.41) is 31.4. The maximum atomic E-state index is 13.1. The molecule has 0 aliphatic carbocycles. The van der Waals surface area contributed by atoms with Crippen molar-refractivity contribution in [3.05, 3.63) is 134 Å². The molecule has 1 rings (SSSR count). The topological polar surface area (TPSA) is 175 Å². The summed E-state index contributed by atoms with van der Waals surface area (Å²) in [7, 11) is 0. The fourth-order valence-electron chi connectivity index (χ4n) is 7.44. The number of rotatable bonds is 45. The molecule has 0 saturated carbocycles. The summed E-state index contributed by atoms with van der Waals surface area (Å²) >= 11 is 0. The number of carboxylic acid groups (broad SMARTS) is 1. The van der Waals surface area contributed by atoms with Crippen molar-refractivity contribution in [3.8, 4) is 0 Å². The first kappa shape index (κ1) is 67.9. The first-order chi connectivity index (χ1) is 36.6. The minimum Gasteiger partial charge on any atom is -0.479 e. The van der Waals surface area contributed by atoms with Crippen LogP contribution in [0.1, 0.15) is 188 Å². The number of aliphatic hydroxyl groups excluding tert-OH is 2. The number of hydrogen-bond acceptors (Lipinski definition) is 11. The number of esters is 3. The molecule has 1 aliphatic rings. The third-order valence-electron chi connectivity index (χ3n) is 11.7. The normalized spacial score (nSPS) is 19.2. The average molecular weight is 1050 g/mol. The Balaban J connectivity index is 2.78. The zero-order chi connectivity index (χ0) is 54.7. The number of ether oxygens (including phenoxy) is 5. The highest BCUT2D eigenvalue weighted by Crippen LogP contribution is 2.26. The van der Waals surface area contributed by atoms with Crippen LogP contribution in [-0.4, -0.2) is 89.2 Å². The number of aliphatic carboxylic acids is 1. The van der Waals surface area contributed by atoms with Gasteiger partial charge in [-0.25, -0.2) is 4.79 Å². The van der Waals surface area contributed by atoms with Gasteiger partial charge in [0.05, 0.1) is 6.61 Å². The van der Waals surface area contributed by atoms with Crippen LogP contribution in [0.4, 0.5) is 0 Å². The minimum atomic E-state index is -1.93. The molecular formula is C63H96O12. The second kappa shape index (κ2) is 49.7. The lowest BCUT2D eigenvalue weighted by atomic mass is 9.98. The summed E-state index contributed by atoms with van der Waals surface area (Å²) in [4.78, 5) is 51.0. The Kier molecular flexibility index (Phi) is 45.0. The van der Waals surface area contributed by atoms with Crippen LogP contribution in [0.3, 0.4) is 0 Å². The van der Waals surface area contributed by atoms with Crippen LogP contribution in [0.15, 0.2) is 134 Å². The lowest BCUT2D eigenvalue weighted by molar-refractivity contribution is -0.301. The van der Waals surface area contributed by atoms with Gasteiger partial charge in [-0.1, -0.05) is 187 Å². The number of carbonyl (C=O) groups excluding carboxylic acids is 3. The molecule has 75 heavy (non-hydrogen) atoms. The second-order valence-corrected chi connectivity index (χ2v) is 18.4. The lowest BCUT2D eigenvalue weighted by Crippen LogP contribution is -2.61. The summed E-state index contributed by atoms with van der Waals surface area (Å²) in [6.45, 7) is 5.57. The number of aliphatic hydroxyl groups is 2. The van der Waals surface area contributed by atoms with Gasteiger partial charge in [0, 0.05) is 19.3 Å². The Morgan fingerprint density at radius 2 is 0.867 bits per heavy atom. The van der Waals surface area contributed by atoms with E-state index in [2.05, 4.69) is 142 Å². The van der Waals surface area contributed by atoms with Crippen molar-refractivity contribution in [2.75, 3.05) is 13.2 Å². The van der Waals surface area contributed by atoms with E-state index >= 15 is 0 Å². The molecule has 420 valence electrons. The highest BCUT2D eigenvalue weighted by molar-refractivity contribution is 5.74. The quantitative estimate of drug-likeness (QED) is 0.0228. The third kappa shape index (κ3) is 39.9. The molecule has 12 nitrogen and oxygen atoms in total. The van der Waals surface area contributed by atoms with E-state index in [1.165, 1.54) is 0 Å². The third-order valence-corrected chi connectivity index (χ3v) is 11.7. The zero-order valence-electron chi connectivity index (χ0n) is 46.0. The summed E-state index contributed by atoms with van der Waals surface area (Å²) in [5.41, 5.74) is 0. The SMILES string of the molecule is CC/C=C\C/C=C\C/C=C\C/C=C\C/C=C\C/C=C\CCC(=O)OCC(COC1OC(C(=O)O)C(O)C(O)C1OC(=O)CCCCCCC/C=C\C/C=C\CCC)OC(=O)CCCCC/C=C\C/C=C\C/C=C\CC. The molecule has 0 aromatic heterocycles. The van der Waals surface area contributed by atoms with E-state index in [0.717, 1.165) is 122 Å². The van der Waals surface area contributed by atoms with Crippen molar-refractivity contribution in [2.24, 2.45) is 0 Å². The molecule has 1 aliphatic heterocycles. The number of carboxylic acids is 1. The largest absolute Gasteiger partial charge is 0.479 e. The Labute approximate surface area is 451 Å². The number of unbranched alkanes of at least 4 members (excludes halogenated alkanes) is 9. The van der Waals surface area contributed by atoms with E-state index in [1.807, 2.05) is 12.2 Å². The molecule has 12 heteroatoms. The van der Waals surface area contributed by atoms with Crippen LogP contribution in [0.5, 0.6) is 0 Å². The van der Waals surface area contributed by atoms with E-state index < -0.39 is 67.3 Å². The zero-order valence-corrected chi connectivity index (χ0v) is 46.0. The summed E-state index contributed by atoms with van der Waals surface area (Å²) in [6, 6.07) is 0. The number of allylic oxidation sites excluding steroid dienone is 22. The second-order valence-electron chi connectivity index (χ2n) is 18.4. The van der Waals surface area contributed by atoms with E-state index in [0.29, 0.717) is 25.7 Å². The fraction of sp³-hybridized carbons (Fsp3) is 0.587. The molecule has 0 amide bonds. The number of carbonyl (C=O) groups is 4. The predicted molar refractivity (Wildman–Crippen MR) is 303 cm³/mol. The lowest BCUT2D eigenvalue weighted by Gasteiger charge is -2.40. The van der Waals surface area contributed by atoms with Gasteiger partial charge in [-0.2, -0.15) is 0 Å². The average Bonchev–Trinajstić information content (AvgIpc) is 3.39. The van der Waals surface area contributed by atoms with Crippen molar-refractivity contribution in [2.45, 2.75) is 225 Å². The Bertz CT molecular complexity index is 1810. The molecule has 1 fully saturated rings. The monoisotopic (exact) mass is 1040 g/mol. The van der Waals surface area contributed by atoms with Crippen LogP contribution < -0.4 is 0 Å². The molecular weight excluding hydrogens is 949 g/mol. The molecule has 6 atom stereocenters. The predicted octanol–water partition coefficient (Wildman–Crippen LogP) is 14.2. The molecule has 3 N–H and O–H groups in total. The first-order valence-corrected chi connectivity index (χ1v) is 28.2. The Hall–Kier alpha value is -5.14. The minimum absolute atomic E-state index is 0.0258. The van der Waals surface area contributed by atoms with Crippen molar-refractivity contribution in [1.29, 1.82) is 0 Å². The maximum Gasteiger partial charge on any atom is 0.335 e. The highest BCUT2D eigenvalue weighted by Gasteiger charge is 2.50. The van der Waals surface area contributed by atoms with Gasteiger partial charge in [-0.15, -0.1) is 0 Å². The van der Waals surface area contributed by atoms with E-state index in [-0.39, 0.29) is 25.9 Å². The smallest absolute Gasteiger partial charge is 0.335 e. The molecule has 0 aromatic rings. The van der Waals surface area contributed by atoms with Gasteiger partial charge in [-0.05, 0) is 116 Å². The van der Waals surface area contributed by atoms with Crippen LogP contribution in [0.25, 0.3) is 0 Å². The molecule has 0 spiro atoms. The molecule has 1 saturated heterocycles. The van der Waals surface area contributed by atoms with Crippen LogP contribution in [0, 0.1) is 0 Å². The summed E-state index contributed by atoms with van der Waals surface area (Å²) < 4.78 is 28.2. The number of hydrogen-bond donors (Lipinski definition) is 3. The van der Waals surface area contributed by atoms with Gasteiger partial charge in [-0.3, -0.25) is 14.4 Å². The van der Waals surface area contributed by atoms with E-state index in [1.54, 1.807) is 0 Å². The molecule has 0 aromatic carbocycles. The van der Waals surface area contributed by atoms with Crippen molar-refractivity contribution in [3.63, 3.8) is 0 Å². The standard InChI is InChI=1S/C63H96O12/c1-4-7-10-13-16-19-22-25-26-27-28-29-30-33-34-37-40-43-46-49-55(64)71-52-54(73-56(65)50-47-44-41-38-35-31-23-20-17-14-11-8-5-2)53-72-63-61(59(68)58(67)60(75-63)62(69)70)74-57(66)51-48-45-42-39-36-32-24-21-18-15-12-9-6-3/h7-8,10-12,15-17,19-21,24-26,28-29,31,33-35,40,43,54,58-61,63,67-68H,4-6,9,13-14,18,22-23,27,30,32,36-39,41-42,44-53H2,1-3H3,(H,69,70)/b10-7-,11-8-,15-12-,19-16-,20-17-,24-21-,26-25-,29-28-,34-33-,35-31-,43-40-. The highest BCUT2D eigenvalue weighted by atomic mass is 16.7. The van der Waals surface area contributed by atoms with Gasteiger partial charge in [0.2, 0.25) is 0 Å². The van der Waals surface area contributed by atoms with Gasteiger partial charge in [0.1, 0.15) is 18.8 Å². The van der Waals surface area contributed by atoms with Crippen molar-refractivity contribution in [1.82, 2.24) is 0 Å². The molecule has 1 heterocycles. The van der Waals surface area contributed by atoms with Crippen LogP contribution in [0.2, 0.25) is 0 Å². The molecule has 0 bridgehead atoms. The summed E-state index contributed by atoms with van der Waals surface area (Å²) in [6.07, 6.45) is 57.3. The van der Waals surface area contributed by atoms with Crippen LogP contribution >= 0.6 is 0 Å². The van der Waals surface area contributed by atoms with Crippen molar-refractivity contribution >= 4 is 23.9 Å². The van der Waals surface area contributed by atoms with Crippen molar-refractivity contribution < 1.29 is 58.2 Å². The Morgan fingerprint density at radius 3 is 1.35 bits per heavy atom. The van der Waals surface area contributed by atoms with Gasteiger partial charge < -0.3 is 39.0 Å². The van der Waals surface area contributed by atoms with E-state index in [9.17, 15) is 34.5 Å². The maximum absolute atomic E-state index is 13.1. The molecule has 6 unspecified atom stereocenters. The summed E-state index contributed by atoms with van der Waals surface area (Å²) in [5.74, 6) is -3.32. The van der Waals surface area contributed by atoms with Gasteiger partial charge >= 0.3 is 23.9 Å². The fourth-order valence-corrected chi connectivity index (χ4v) is 7.44.